The lowest BCUT2D eigenvalue weighted by Gasteiger charge is -2.32. The molecule has 1 aromatic rings. The zero-order valence-electron chi connectivity index (χ0n) is 12.1. The first-order valence-electron chi connectivity index (χ1n) is 6.90. The molecule has 1 heterocycles. The second-order valence-electron chi connectivity index (χ2n) is 5.44. The van der Waals surface area contributed by atoms with Gasteiger partial charge in [-0.1, -0.05) is 11.6 Å². The smallest absolute Gasteiger partial charge is 0.332 e. The van der Waals surface area contributed by atoms with E-state index in [-0.39, 0.29) is 18.0 Å². The van der Waals surface area contributed by atoms with Gasteiger partial charge in [-0.25, -0.2) is 13.2 Å². The minimum absolute atomic E-state index is 0.173. The Kier molecular flexibility index (Phi) is 5.11. The van der Waals surface area contributed by atoms with Crippen LogP contribution < -0.4 is 0 Å². The lowest BCUT2D eigenvalue weighted by Crippen LogP contribution is -2.43. The minimum atomic E-state index is -3.63. The third-order valence-electron chi connectivity index (χ3n) is 3.97. The van der Waals surface area contributed by atoms with Gasteiger partial charge < -0.3 is 10.2 Å². The largest absolute Gasteiger partial charge is 0.479 e. The van der Waals surface area contributed by atoms with Gasteiger partial charge >= 0.3 is 5.97 Å². The number of carboxylic acid groups (broad SMARTS) is 1. The first-order chi connectivity index (χ1) is 10.2. The average Bonchev–Trinajstić information content (AvgIpc) is 2.49. The second-order valence-corrected chi connectivity index (χ2v) is 7.78. The quantitative estimate of drug-likeness (QED) is 0.860. The van der Waals surface area contributed by atoms with Crippen molar-refractivity contribution in [3.05, 3.63) is 28.8 Å². The predicted octanol–water partition coefficient (Wildman–Crippen LogP) is 1.49. The van der Waals surface area contributed by atoms with Crippen LogP contribution in [0, 0.1) is 12.8 Å². The zero-order chi connectivity index (χ0) is 16.5. The highest BCUT2D eigenvalue weighted by Crippen LogP contribution is 2.27. The third-order valence-corrected chi connectivity index (χ3v) is 6.28. The van der Waals surface area contributed by atoms with Crippen molar-refractivity contribution >= 4 is 27.6 Å². The summed E-state index contributed by atoms with van der Waals surface area (Å²) in [6, 6.07) is 4.53. The molecule has 1 unspecified atom stereocenters. The molecular formula is C14H18ClNO5S. The van der Waals surface area contributed by atoms with Crippen molar-refractivity contribution in [2.75, 3.05) is 13.1 Å². The number of aliphatic hydroxyl groups is 1. The van der Waals surface area contributed by atoms with Crippen molar-refractivity contribution in [3.63, 3.8) is 0 Å². The highest BCUT2D eigenvalue weighted by Gasteiger charge is 2.34. The fourth-order valence-corrected chi connectivity index (χ4v) is 4.23. The Morgan fingerprint density at radius 1 is 1.36 bits per heavy atom. The fraction of sp³-hybridized carbons (Fsp3) is 0.500. The van der Waals surface area contributed by atoms with E-state index in [1.807, 2.05) is 0 Å². The van der Waals surface area contributed by atoms with Gasteiger partial charge in [0.2, 0.25) is 10.0 Å². The Labute approximate surface area is 134 Å². The van der Waals surface area contributed by atoms with Gasteiger partial charge in [-0.2, -0.15) is 4.31 Å². The van der Waals surface area contributed by atoms with Gasteiger partial charge in [0.15, 0.2) is 6.10 Å². The molecule has 0 spiro atoms. The maximum absolute atomic E-state index is 12.6. The van der Waals surface area contributed by atoms with Gasteiger partial charge in [0.1, 0.15) is 0 Å². The summed E-state index contributed by atoms with van der Waals surface area (Å²) in [5, 5.41) is 18.8. The van der Waals surface area contributed by atoms with Crippen molar-refractivity contribution in [1.29, 1.82) is 0 Å². The molecule has 1 aliphatic rings. The number of piperidine rings is 1. The number of hydrogen-bond acceptors (Lipinski definition) is 4. The van der Waals surface area contributed by atoms with E-state index in [9.17, 15) is 18.3 Å². The van der Waals surface area contributed by atoms with E-state index >= 15 is 0 Å². The summed E-state index contributed by atoms with van der Waals surface area (Å²) in [4.78, 5) is 10.9. The summed E-state index contributed by atoms with van der Waals surface area (Å²) in [5.74, 6) is -1.69. The normalized spacial score (nSPS) is 19.0. The summed E-state index contributed by atoms with van der Waals surface area (Å²) in [6.07, 6.45) is -0.805. The average molecular weight is 348 g/mol. The topological polar surface area (TPSA) is 94.9 Å². The van der Waals surface area contributed by atoms with Gasteiger partial charge in [-0.05, 0) is 49.4 Å². The minimum Gasteiger partial charge on any atom is -0.479 e. The van der Waals surface area contributed by atoms with Gasteiger partial charge in [-0.15, -0.1) is 0 Å². The first kappa shape index (κ1) is 17.2. The Morgan fingerprint density at radius 3 is 2.45 bits per heavy atom. The highest BCUT2D eigenvalue weighted by atomic mass is 35.5. The SMILES string of the molecule is Cc1cc(S(=O)(=O)N2CCC(C(O)C(=O)O)CC2)ccc1Cl. The number of rotatable bonds is 4. The second kappa shape index (κ2) is 6.54. The predicted molar refractivity (Wildman–Crippen MR) is 81.3 cm³/mol. The summed E-state index contributed by atoms with van der Waals surface area (Å²) in [6.45, 7) is 2.12. The Morgan fingerprint density at radius 2 is 1.95 bits per heavy atom. The Hall–Kier alpha value is -1.15. The van der Waals surface area contributed by atoms with Crippen LogP contribution in [0.15, 0.2) is 23.1 Å². The molecule has 6 nitrogen and oxygen atoms in total. The van der Waals surface area contributed by atoms with Crippen molar-refractivity contribution in [3.8, 4) is 0 Å². The van der Waals surface area contributed by atoms with Gasteiger partial charge in [-0.3, -0.25) is 0 Å². The first-order valence-corrected chi connectivity index (χ1v) is 8.72. The molecule has 2 N–H and O–H groups in total. The molecule has 1 fully saturated rings. The highest BCUT2D eigenvalue weighted by molar-refractivity contribution is 7.89. The number of nitrogens with zero attached hydrogens (tertiary/aromatic N) is 1. The number of aliphatic hydroxyl groups excluding tert-OH is 1. The van der Waals surface area contributed by atoms with E-state index in [0.717, 1.165) is 0 Å². The van der Waals surface area contributed by atoms with E-state index in [4.69, 9.17) is 16.7 Å². The van der Waals surface area contributed by atoms with Crippen molar-refractivity contribution in [2.45, 2.75) is 30.8 Å². The molecule has 1 atom stereocenters. The molecule has 122 valence electrons. The third kappa shape index (κ3) is 3.43. The molecule has 1 saturated heterocycles. The molecule has 0 saturated carbocycles. The fourth-order valence-electron chi connectivity index (χ4n) is 2.56. The molecule has 0 aromatic heterocycles. The molecule has 22 heavy (non-hydrogen) atoms. The Balaban J connectivity index is 2.12. The molecule has 0 amide bonds. The number of carboxylic acids is 1. The van der Waals surface area contributed by atoms with Crippen LogP contribution in [0.5, 0.6) is 0 Å². The summed E-state index contributed by atoms with van der Waals surface area (Å²) in [5.41, 5.74) is 0.680. The van der Waals surface area contributed by atoms with E-state index in [0.29, 0.717) is 23.4 Å². The van der Waals surface area contributed by atoms with E-state index in [1.165, 1.54) is 16.4 Å². The molecule has 0 bridgehead atoms. The van der Waals surface area contributed by atoms with E-state index < -0.39 is 28.0 Å². The molecule has 8 heteroatoms. The molecule has 2 rings (SSSR count). The summed E-state index contributed by atoms with van der Waals surface area (Å²) in [7, 11) is -3.63. The van der Waals surface area contributed by atoms with Crippen LogP contribution >= 0.6 is 11.6 Å². The molecule has 0 radical (unpaired) electrons. The molecule has 0 aliphatic carbocycles. The van der Waals surface area contributed by atoms with Crippen LogP contribution in [0.1, 0.15) is 18.4 Å². The Bertz CT molecular complexity index is 668. The van der Waals surface area contributed by atoms with E-state index in [1.54, 1.807) is 13.0 Å². The number of hydrogen-bond donors (Lipinski definition) is 2. The van der Waals surface area contributed by atoms with Crippen LogP contribution in [0.2, 0.25) is 5.02 Å². The van der Waals surface area contributed by atoms with Gasteiger partial charge in [0.25, 0.3) is 0 Å². The monoisotopic (exact) mass is 347 g/mol. The number of carbonyl (C=O) groups is 1. The van der Waals surface area contributed by atoms with Gasteiger partial charge in [0.05, 0.1) is 4.90 Å². The van der Waals surface area contributed by atoms with E-state index in [2.05, 4.69) is 0 Å². The van der Waals surface area contributed by atoms with Crippen LogP contribution in [-0.2, 0) is 14.8 Å². The number of benzene rings is 1. The maximum Gasteiger partial charge on any atom is 0.332 e. The van der Waals surface area contributed by atoms with Crippen LogP contribution in [0.25, 0.3) is 0 Å². The molecule has 1 aromatic carbocycles. The number of aliphatic carboxylic acids is 1. The lowest BCUT2D eigenvalue weighted by atomic mass is 9.92. The standard InChI is InChI=1S/C14H18ClNO5S/c1-9-8-11(2-3-12(9)15)22(20,21)16-6-4-10(5-7-16)13(17)14(18)19/h2-3,8,10,13,17H,4-7H2,1H3,(H,18,19). The maximum atomic E-state index is 12.6. The summed E-state index contributed by atoms with van der Waals surface area (Å²) >= 11 is 5.91. The lowest BCUT2D eigenvalue weighted by molar-refractivity contribution is -0.150. The zero-order valence-corrected chi connectivity index (χ0v) is 13.6. The number of sulfonamides is 1. The number of aryl methyl sites for hydroxylation is 1. The van der Waals surface area contributed by atoms with Crippen LogP contribution in [0.4, 0.5) is 0 Å². The molecular weight excluding hydrogens is 330 g/mol. The van der Waals surface area contributed by atoms with Crippen LogP contribution in [-0.4, -0.2) is 48.1 Å². The van der Waals surface area contributed by atoms with Crippen molar-refractivity contribution in [1.82, 2.24) is 4.31 Å². The van der Waals surface area contributed by atoms with Crippen molar-refractivity contribution < 1.29 is 23.4 Å². The van der Waals surface area contributed by atoms with Crippen LogP contribution in [0.3, 0.4) is 0 Å². The number of halogens is 1. The van der Waals surface area contributed by atoms with Gasteiger partial charge in [0, 0.05) is 18.1 Å². The molecule has 1 aliphatic heterocycles. The summed E-state index contributed by atoms with van der Waals surface area (Å²) < 4.78 is 26.5. The van der Waals surface area contributed by atoms with Crippen molar-refractivity contribution in [2.24, 2.45) is 5.92 Å².